The predicted molar refractivity (Wildman–Crippen MR) is 117 cm³/mol. The lowest BCUT2D eigenvalue weighted by atomic mass is 9.84. The molecule has 5 N–H and O–H groups in total. The molecule has 1 aliphatic carbocycles. The van der Waals surface area contributed by atoms with Gasteiger partial charge in [0.25, 0.3) is 0 Å². The number of hydrogen-bond donors (Lipinski definition) is 3. The van der Waals surface area contributed by atoms with Crippen molar-refractivity contribution in [3.05, 3.63) is 70.9 Å². The van der Waals surface area contributed by atoms with Gasteiger partial charge in [-0.25, -0.2) is 0 Å². The van der Waals surface area contributed by atoms with Crippen LogP contribution >= 0.6 is 0 Å². The third-order valence-corrected chi connectivity index (χ3v) is 6.13. The zero-order valence-corrected chi connectivity index (χ0v) is 17.3. The number of carbonyl (C=O) groups excluding carboxylic acids is 1. The molecule has 3 aromatic rings. The largest absolute Gasteiger partial charge is 0.379 e. The third-order valence-electron chi connectivity index (χ3n) is 6.13. The van der Waals surface area contributed by atoms with Crippen LogP contribution in [0.2, 0.25) is 0 Å². The van der Waals surface area contributed by atoms with E-state index < -0.39 is 6.23 Å². The molecule has 1 aliphatic rings. The van der Waals surface area contributed by atoms with Crippen molar-refractivity contribution in [2.75, 3.05) is 7.11 Å². The number of aliphatic hydroxyl groups excluding tert-OH is 1. The summed E-state index contributed by atoms with van der Waals surface area (Å²) in [4.78, 5) is 12.3. The van der Waals surface area contributed by atoms with Crippen molar-refractivity contribution in [1.82, 2.24) is 4.57 Å². The highest BCUT2D eigenvalue weighted by atomic mass is 16.5. The Labute approximate surface area is 176 Å². The van der Waals surface area contributed by atoms with Crippen LogP contribution in [0, 0.1) is 0 Å². The number of carbonyl (C=O) groups is 1. The first-order chi connectivity index (χ1) is 14.5. The van der Waals surface area contributed by atoms with Gasteiger partial charge in [-0.1, -0.05) is 36.4 Å². The summed E-state index contributed by atoms with van der Waals surface area (Å²) in [6, 6.07) is 16.5. The number of aromatic nitrogens is 1. The van der Waals surface area contributed by atoms with E-state index in [9.17, 15) is 9.90 Å². The van der Waals surface area contributed by atoms with Crippen LogP contribution in [0.5, 0.6) is 0 Å². The van der Waals surface area contributed by atoms with Gasteiger partial charge in [0, 0.05) is 36.7 Å². The van der Waals surface area contributed by atoms with Gasteiger partial charge in [0.15, 0.2) is 0 Å². The number of primary amides is 1. The number of nitrogens with two attached hydrogens (primary N) is 2. The van der Waals surface area contributed by atoms with E-state index in [-0.39, 0.29) is 17.9 Å². The molecular weight excluding hydrogens is 378 g/mol. The number of fused-ring (bicyclic) bond motifs is 3. The van der Waals surface area contributed by atoms with Gasteiger partial charge in [-0.15, -0.1) is 0 Å². The Hall–Kier alpha value is -2.67. The predicted octanol–water partition coefficient (Wildman–Crippen LogP) is 2.95. The van der Waals surface area contributed by atoms with Crippen molar-refractivity contribution in [3.8, 4) is 0 Å². The van der Waals surface area contributed by atoms with Crippen LogP contribution in [0.4, 0.5) is 0 Å². The minimum atomic E-state index is -0.958. The molecule has 4 rings (SSSR count). The van der Waals surface area contributed by atoms with Crippen LogP contribution in [0.3, 0.4) is 0 Å². The van der Waals surface area contributed by atoms with E-state index in [1.54, 1.807) is 7.11 Å². The number of rotatable bonds is 7. The SMILES string of the molecule is COC(CC(N)O)c1ccc2c(c1)c1c(n2Cc2ccccc2)CCCC1C(N)=O. The zero-order valence-electron chi connectivity index (χ0n) is 17.3. The van der Waals surface area contributed by atoms with Crippen LogP contribution in [-0.4, -0.2) is 28.9 Å². The van der Waals surface area contributed by atoms with Crippen molar-refractivity contribution < 1.29 is 14.6 Å². The number of ether oxygens (including phenoxy) is 1. The number of aliphatic hydroxyl groups is 1. The Bertz CT molecular complexity index is 1040. The van der Waals surface area contributed by atoms with Crippen LogP contribution in [0.1, 0.15) is 53.7 Å². The summed E-state index contributed by atoms with van der Waals surface area (Å²) in [5.74, 6) is -0.564. The van der Waals surface area contributed by atoms with Crippen LogP contribution in [0.15, 0.2) is 48.5 Å². The first-order valence-corrected chi connectivity index (χ1v) is 10.4. The highest BCUT2D eigenvalue weighted by Crippen LogP contribution is 2.40. The van der Waals surface area contributed by atoms with Gasteiger partial charge in [-0.3, -0.25) is 4.79 Å². The summed E-state index contributed by atoms with van der Waals surface area (Å²) in [7, 11) is 1.61. The number of hydrogen-bond acceptors (Lipinski definition) is 4. The maximum absolute atomic E-state index is 12.3. The van der Waals surface area contributed by atoms with Crippen LogP contribution < -0.4 is 11.5 Å². The lowest BCUT2D eigenvalue weighted by Gasteiger charge is -2.22. The van der Waals surface area contributed by atoms with E-state index in [1.807, 2.05) is 24.3 Å². The van der Waals surface area contributed by atoms with E-state index in [2.05, 4.69) is 28.8 Å². The van der Waals surface area contributed by atoms with Crippen molar-refractivity contribution in [3.63, 3.8) is 0 Å². The van der Waals surface area contributed by atoms with Gasteiger partial charge in [0.2, 0.25) is 5.91 Å². The average molecular weight is 408 g/mol. The fraction of sp³-hybridized carbons (Fsp3) is 0.375. The number of amides is 1. The number of methoxy groups -OCH3 is 1. The Kier molecular flexibility index (Phi) is 5.90. The summed E-state index contributed by atoms with van der Waals surface area (Å²) < 4.78 is 7.90. The smallest absolute Gasteiger partial charge is 0.225 e. The summed E-state index contributed by atoms with van der Waals surface area (Å²) >= 11 is 0. The van der Waals surface area contributed by atoms with Crippen molar-refractivity contribution >= 4 is 16.8 Å². The van der Waals surface area contributed by atoms with Crippen LogP contribution in [-0.2, 0) is 22.5 Å². The molecule has 1 heterocycles. The van der Waals surface area contributed by atoms with E-state index >= 15 is 0 Å². The summed E-state index contributed by atoms with van der Waals surface area (Å²) in [5, 5.41) is 10.7. The highest BCUT2D eigenvalue weighted by Gasteiger charge is 2.31. The van der Waals surface area contributed by atoms with Crippen molar-refractivity contribution in [1.29, 1.82) is 0 Å². The van der Waals surface area contributed by atoms with Gasteiger partial charge in [0.05, 0.1) is 12.0 Å². The normalized spacial score (nSPS) is 18.2. The first kappa shape index (κ1) is 20.6. The molecule has 0 spiro atoms. The lowest BCUT2D eigenvalue weighted by molar-refractivity contribution is -0.119. The highest BCUT2D eigenvalue weighted by molar-refractivity contribution is 5.94. The standard InChI is InChI=1S/C24H29N3O3/c1-30-21(13-22(25)28)16-10-11-19-18(12-16)23-17(24(26)29)8-5-9-20(23)27(19)14-15-6-3-2-4-7-15/h2-4,6-7,10-12,17,21-22,28H,5,8-9,13-14,25H2,1H3,(H2,26,29). The Balaban J connectivity index is 1.88. The molecule has 2 aromatic carbocycles. The van der Waals surface area contributed by atoms with Gasteiger partial charge < -0.3 is 25.9 Å². The van der Waals surface area contributed by atoms with E-state index in [4.69, 9.17) is 16.2 Å². The van der Waals surface area contributed by atoms with Crippen molar-refractivity contribution in [2.24, 2.45) is 11.5 Å². The molecule has 0 bridgehead atoms. The van der Waals surface area contributed by atoms with Gasteiger partial charge in [-0.2, -0.15) is 0 Å². The van der Waals surface area contributed by atoms with Crippen LogP contribution in [0.25, 0.3) is 10.9 Å². The average Bonchev–Trinajstić information content (AvgIpc) is 3.05. The zero-order chi connectivity index (χ0) is 21.3. The molecule has 0 saturated carbocycles. The molecule has 0 fully saturated rings. The van der Waals surface area contributed by atoms with E-state index in [0.717, 1.165) is 47.8 Å². The molecule has 6 heteroatoms. The number of benzene rings is 2. The molecule has 30 heavy (non-hydrogen) atoms. The Morgan fingerprint density at radius 2 is 2.03 bits per heavy atom. The molecule has 1 aromatic heterocycles. The molecule has 1 amide bonds. The van der Waals surface area contributed by atoms with Gasteiger partial charge in [0.1, 0.15) is 6.23 Å². The quantitative estimate of drug-likeness (QED) is 0.524. The Morgan fingerprint density at radius 1 is 1.27 bits per heavy atom. The van der Waals surface area contributed by atoms with E-state index in [1.165, 1.54) is 11.3 Å². The molecule has 3 unspecified atom stereocenters. The summed E-state index contributed by atoms with van der Waals surface area (Å²) in [5.41, 5.74) is 16.9. The lowest BCUT2D eigenvalue weighted by Crippen LogP contribution is -2.25. The molecule has 0 radical (unpaired) electrons. The molecule has 3 atom stereocenters. The second kappa shape index (κ2) is 8.60. The fourth-order valence-corrected chi connectivity index (χ4v) is 4.75. The fourth-order valence-electron chi connectivity index (χ4n) is 4.75. The second-order valence-corrected chi connectivity index (χ2v) is 8.08. The van der Waals surface area contributed by atoms with Crippen molar-refractivity contribution in [2.45, 2.75) is 50.5 Å². The Morgan fingerprint density at radius 3 is 2.70 bits per heavy atom. The third kappa shape index (κ3) is 3.86. The molecule has 6 nitrogen and oxygen atoms in total. The number of nitrogens with zero attached hydrogens (tertiary/aromatic N) is 1. The summed E-state index contributed by atoms with van der Waals surface area (Å²) in [6.07, 6.45) is 1.66. The first-order valence-electron chi connectivity index (χ1n) is 10.4. The summed E-state index contributed by atoms with van der Waals surface area (Å²) in [6.45, 7) is 0.743. The second-order valence-electron chi connectivity index (χ2n) is 8.08. The topological polar surface area (TPSA) is 104 Å². The molecule has 0 saturated heterocycles. The minimum absolute atomic E-state index is 0.277. The maximum Gasteiger partial charge on any atom is 0.225 e. The van der Waals surface area contributed by atoms with E-state index in [0.29, 0.717) is 6.42 Å². The minimum Gasteiger partial charge on any atom is -0.379 e. The molecule has 158 valence electrons. The monoisotopic (exact) mass is 407 g/mol. The molecule has 0 aliphatic heterocycles. The maximum atomic E-state index is 12.3. The van der Waals surface area contributed by atoms with Gasteiger partial charge >= 0.3 is 0 Å². The van der Waals surface area contributed by atoms with Gasteiger partial charge in [-0.05, 0) is 48.1 Å². The molecular formula is C24H29N3O3.